The lowest BCUT2D eigenvalue weighted by Gasteiger charge is -2.22. The third kappa shape index (κ3) is 8.38. The number of ketones is 1. The highest BCUT2D eigenvalue weighted by Gasteiger charge is 2.26. The highest BCUT2D eigenvalue weighted by Crippen LogP contribution is 2.31. The fraction of sp³-hybridized carbons (Fsp3) is 0.300. The molecule has 0 aliphatic heterocycles. The van der Waals surface area contributed by atoms with Crippen LogP contribution in [0.25, 0.3) is 21.9 Å². The number of Topliss-reactive ketones (excluding diaryl/α,β-unsaturated/α-hetero) is 1. The lowest BCUT2D eigenvalue weighted by molar-refractivity contribution is -0.128. The van der Waals surface area contributed by atoms with E-state index in [0.717, 1.165) is 21.9 Å². The van der Waals surface area contributed by atoms with E-state index in [1.807, 2.05) is 68.4 Å². The summed E-state index contributed by atoms with van der Waals surface area (Å²) in [6.45, 7) is 5.10. The minimum atomic E-state index is -2.02. The van der Waals surface area contributed by atoms with Gasteiger partial charge in [0.2, 0.25) is 5.91 Å². The molecular formula is C30H33N3O7S. The lowest BCUT2D eigenvalue weighted by atomic mass is 10.0. The number of furan rings is 1. The molecule has 0 saturated heterocycles. The van der Waals surface area contributed by atoms with Gasteiger partial charge in [-0.3, -0.25) is 9.59 Å². The molecule has 4 aromatic rings. The molecule has 1 aromatic heterocycles. The summed E-state index contributed by atoms with van der Waals surface area (Å²) in [5.74, 6) is -0.507. The van der Waals surface area contributed by atoms with E-state index in [1.54, 1.807) is 18.2 Å². The molecule has 1 heterocycles. The van der Waals surface area contributed by atoms with Gasteiger partial charge in [-0.1, -0.05) is 62.4 Å². The van der Waals surface area contributed by atoms with Crippen LogP contribution in [0.4, 0.5) is 4.79 Å². The number of benzene rings is 3. The average Bonchev–Trinajstić information content (AvgIpc) is 3.32. The molecule has 2 unspecified atom stereocenters. The average molecular weight is 580 g/mol. The second kappa shape index (κ2) is 13.9. The van der Waals surface area contributed by atoms with Gasteiger partial charge in [0.1, 0.15) is 29.6 Å². The zero-order valence-corrected chi connectivity index (χ0v) is 23.9. The normalized spacial score (nSPS) is 13.5. The van der Waals surface area contributed by atoms with Crippen LogP contribution in [0.3, 0.4) is 0 Å². The zero-order chi connectivity index (χ0) is 29.4. The second-order valence-corrected chi connectivity index (χ2v) is 10.9. The van der Waals surface area contributed by atoms with Crippen LogP contribution in [-0.2, 0) is 32.2 Å². The van der Waals surface area contributed by atoms with Gasteiger partial charge in [0.05, 0.1) is 12.6 Å². The Hall–Kier alpha value is -4.22. The lowest BCUT2D eigenvalue weighted by Crippen LogP contribution is -2.52. The van der Waals surface area contributed by atoms with Crippen LogP contribution in [0.5, 0.6) is 5.75 Å². The van der Waals surface area contributed by atoms with Gasteiger partial charge in [-0.15, -0.1) is 0 Å². The Morgan fingerprint density at radius 3 is 2.34 bits per heavy atom. The number of carbonyl (C=O) groups is 3. The van der Waals surface area contributed by atoms with Crippen LogP contribution in [0.2, 0.25) is 0 Å². The van der Waals surface area contributed by atoms with Gasteiger partial charge in [0.25, 0.3) is 11.3 Å². The smallest absolute Gasteiger partial charge is 0.408 e. The van der Waals surface area contributed by atoms with E-state index in [9.17, 15) is 18.6 Å². The number of amides is 2. The standard InChI is InChI=1S/C30H33N3O7S/c1-19(2)15-25(33-30(36)38-18-21-9-5-4-6-10-21)29(35)32-20(3)26(34)17-31-41(37)40-22-13-14-28-24(16-22)23-11-7-8-12-27(23)39-28/h4-14,16,19-20,25,31H,15,17-18H2,1-3H3,(H,32,35)(H,33,36)/t20?,25-,41?/m0/s1. The monoisotopic (exact) mass is 579 g/mol. The third-order valence-corrected chi connectivity index (χ3v) is 6.98. The van der Waals surface area contributed by atoms with Crippen molar-refractivity contribution in [2.45, 2.75) is 45.9 Å². The van der Waals surface area contributed by atoms with E-state index < -0.39 is 41.1 Å². The van der Waals surface area contributed by atoms with Crippen LogP contribution in [0.15, 0.2) is 77.2 Å². The Balaban J connectivity index is 1.26. The highest BCUT2D eigenvalue weighted by atomic mass is 32.2. The first kappa shape index (κ1) is 29.8. The summed E-state index contributed by atoms with van der Waals surface area (Å²) in [6.07, 6.45) is -0.385. The maximum absolute atomic E-state index is 12.9. The topological polar surface area (TPSA) is 136 Å². The molecule has 0 aliphatic rings. The number of rotatable bonds is 13. The molecule has 3 N–H and O–H groups in total. The molecule has 0 saturated carbocycles. The SMILES string of the molecule is CC(C)C[C@H](NC(=O)OCc1ccccc1)C(=O)NC(C)C(=O)CNS(=O)Oc1ccc2oc3ccccc3c2c1. The minimum absolute atomic E-state index is 0.0645. The fourth-order valence-corrected chi connectivity index (χ4v) is 4.76. The van der Waals surface area contributed by atoms with Crippen molar-refractivity contribution in [2.75, 3.05) is 6.54 Å². The molecule has 3 atom stereocenters. The first-order valence-electron chi connectivity index (χ1n) is 13.2. The summed E-state index contributed by atoms with van der Waals surface area (Å²) in [4.78, 5) is 37.9. The quantitative estimate of drug-likeness (QED) is 0.211. The Bertz CT molecular complexity index is 1540. The van der Waals surface area contributed by atoms with E-state index in [2.05, 4.69) is 15.4 Å². The molecule has 0 radical (unpaired) electrons. The summed E-state index contributed by atoms with van der Waals surface area (Å²) < 4.78 is 31.5. The molecule has 0 fully saturated rings. The predicted octanol–water partition coefficient (Wildman–Crippen LogP) is 4.55. The van der Waals surface area contributed by atoms with Crippen molar-refractivity contribution in [1.29, 1.82) is 0 Å². The van der Waals surface area contributed by atoms with Gasteiger partial charge in [-0.2, -0.15) is 8.93 Å². The largest absolute Gasteiger partial charge is 0.456 e. The Kier molecular flexibility index (Phi) is 10.1. The van der Waals surface area contributed by atoms with Crippen molar-refractivity contribution < 1.29 is 31.9 Å². The molecule has 2 amide bonds. The van der Waals surface area contributed by atoms with Crippen LogP contribution in [0.1, 0.15) is 32.8 Å². The summed E-state index contributed by atoms with van der Waals surface area (Å²) in [5, 5.41) is 6.93. The van der Waals surface area contributed by atoms with Crippen LogP contribution in [0, 0.1) is 5.92 Å². The van der Waals surface area contributed by atoms with E-state index >= 15 is 0 Å². The van der Waals surface area contributed by atoms with Gasteiger partial charge < -0.3 is 24.0 Å². The summed E-state index contributed by atoms with van der Waals surface area (Å²) in [5.41, 5.74) is 2.22. The van der Waals surface area contributed by atoms with Crippen molar-refractivity contribution >= 4 is 51.0 Å². The van der Waals surface area contributed by atoms with Crippen molar-refractivity contribution in [1.82, 2.24) is 15.4 Å². The van der Waals surface area contributed by atoms with E-state index in [1.165, 1.54) is 6.92 Å². The summed E-state index contributed by atoms with van der Waals surface area (Å²) in [7, 11) is 0. The molecule has 0 aliphatic carbocycles. The fourth-order valence-electron chi connectivity index (χ4n) is 4.16. The first-order valence-corrected chi connectivity index (χ1v) is 14.3. The maximum Gasteiger partial charge on any atom is 0.408 e. The van der Waals surface area contributed by atoms with E-state index in [-0.39, 0.29) is 19.1 Å². The second-order valence-electron chi connectivity index (χ2n) is 9.98. The molecule has 10 nitrogen and oxygen atoms in total. The first-order chi connectivity index (χ1) is 19.7. The van der Waals surface area contributed by atoms with Gasteiger partial charge in [-0.05, 0) is 49.1 Å². The van der Waals surface area contributed by atoms with Gasteiger partial charge in [0.15, 0.2) is 5.78 Å². The van der Waals surface area contributed by atoms with Crippen molar-refractivity contribution in [3.05, 3.63) is 78.4 Å². The minimum Gasteiger partial charge on any atom is -0.456 e. The molecule has 216 valence electrons. The van der Waals surface area contributed by atoms with Crippen LogP contribution in [-0.4, -0.2) is 40.6 Å². The number of ether oxygens (including phenoxy) is 1. The van der Waals surface area contributed by atoms with Crippen LogP contribution >= 0.6 is 0 Å². The molecule has 3 aromatic carbocycles. The van der Waals surface area contributed by atoms with Crippen molar-refractivity contribution in [3.63, 3.8) is 0 Å². The Morgan fingerprint density at radius 1 is 0.878 bits per heavy atom. The predicted molar refractivity (Wildman–Crippen MR) is 156 cm³/mol. The Morgan fingerprint density at radius 2 is 1.59 bits per heavy atom. The van der Waals surface area contributed by atoms with Gasteiger partial charge >= 0.3 is 6.09 Å². The third-order valence-electron chi connectivity index (χ3n) is 6.25. The summed E-state index contributed by atoms with van der Waals surface area (Å²) in [6, 6.07) is 20.0. The number of carbonyl (C=O) groups excluding carboxylic acids is 3. The van der Waals surface area contributed by atoms with E-state index in [0.29, 0.717) is 17.8 Å². The molecule has 41 heavy (non-hydrogen) atoms. The summed E-state index contributed by atoms with van der Waals surface area (Å²) >= 11 is -2.02. The van der Waals surface area contributed by atoms with E-state index in [4.69, 9.17) is 13.3 Å². The van der Waals surface area contributed by atoms with Crippen molar-refractivity contribution in [2.24, 2.45) is 5.92 Å². The zero-order valence-electron chi connectivity index (χ0n) is 23.0. The maximum atomic E-state index is 12.9. The number of alkyl carbamates (subject to hydrolysis) is 1. The number of nitrogens with one attached hydrogen (secondary N) is 3. The number of hydrogen-bond donors (Lipinski definition) is 3. The molecule has 4 rings (SSSR count). The van der Waals surface area contributed by atoms with Crippen LogP contribution < -0.4 is 19.5 Å². The molecule has 0 bridgehead atoms. The van der Waals surface area contributed by atoms with Gasteiger partial charge in [0, 0.05) is 10.8 Å². The Labute approximate surface area is 240 Å². The van der Waals surface area contributed by atoms with Crippen molar-refractivity contribution in [3.8, 4) is 5.75 Å². The number of hydrogen-bond acceptors (Lipinski definition) is 7. The van der Waals surface area contributed by atoms with Gasteiger partial charge in [-0.25, -0.2) is 4.79 Å². The molecule has 11 heteroatoms. The highest BCUT2D eigenvalue weighted by molar-refractivity contribution is 7.78. The molecule has 0 spiro atoms. The number of fused-ring (bicyclic) bond motifs is 3. The molecular weight excluding hydrogens is 546 g/mol. The number of para-hydroxylation sites is 1.